The number of aryl methyl sites for hydroxylation is 2. The van der Waals surface area contributed by atoms with Crippen LogP contribution >= 0.6 is 0 Å². The van der Waals surface area contributed by atoms with Crippen LogP contribution in [0.4, 0.5) is 0 Å². The first-order valence-corrected chi connectivity index (χ1v) is 8.25. The molecule has 1 saturated heterocycles. The second-order valence-electron chi connectivity index (χ2n) is 6.41. The lowest BCUT2D eigenvalue weighted by atomic mass is 10.1. The maximum absolute atomic E-state index is 9.99. The molecule has 1 fully saturated rings. The SMILES string of the molecule is Cc1cc(O)cc(Oc2cc(C)cc(O[C@H]3O[C@H](CO)[C@@H](O)[C@H]3O)c2)c1. The zero-order valence-electron chi connectivity index (χ0n) is 14.5. The maximum Gasteiger partial charge on any atom is 0.229 e. The summed E-state index contributed by atoms with van der Waals surface area (Å²) in [4.78, 5) is 0. The van der Waals surface area contributed by atoms with Crippen LogP contribution in [-0.2, 0) is 4.74 Å². The highest BCUT2D eigenvalue weighted by Gasteiger charge is 2.43. The molecule has 0 aromatic heterocycles. The van der Waals surface area contributed by atoms with E-state index in [0.29, 0.717) is 17.2 Å². The minimum Gasteiger partial charge on any atom is -0.508 e. The molecule has 1 aliphatic heterocycles. The summed E-state index contributed by atoms with van der Waals surface area (Å²) in [6, 6.07) is 10.1. The van der Waals surface area contributed by atoms with Crippen molar-refractivity contribution in [3.8, 4) is 23.0 Å². The van der Waals surface area contributed by atoms with Gasteiger partial charge in [-0.2, -0.15) is 0 Å². The van der Waals surface area contributed by atoms with Crippen molar-refractivity contribution in [1.29, 1.82) is 0 Å². The molecule has 3 rings (SSSR count). The van der Waals surface area contributed by atoms with Gasteiger partial charge in [-0.05, 0) is 49.2 Å². The molecule has 26 heavy (non-hydrogen) atoms. The first-order valence-electron chi connectivity index (χ1n) is 8.25. The van der Waals surface area contributed by atoms with Crippen molar-refractivity contribution >= 4 is 0 Å². The smallest absolute Gasteiger partial charge is 0.229 e. The lowest BCUT2D eigenvalue weighted by molar-refractivity contribution is -0.116. The lowest BCUT2D eigenvalue weighted by Crippen LogP contribution is -2.35. The van der Waals surface area contributed by atoms with Gasteiger partial charge in [0.25, 0.3) is 0 Å². The Morgan fingerprint density at radius 1 is 0.885 bits per heavy atom. The minimum absolute atomic E-state index is 0.107. The van der Waals surface area contributed by atoms with E-state index in [9.17, 15) is 15.3 Å². The molecular weight excluding hydrogens is 340 g/mol. The van der Waals surface area contributed by atoms with Gasteiger partial charge in [0.2, 0.25) is 6.29 Å². The van der Waals surface area contributed by atoms with Gasteiger partial charge < -0.3 is 34.6 Å². The number of phenolic OH excluding ortho intramolecular Hbond substituents is 1. The number of rotatable bonds is 5. The third-order valence-electron chi connectivity index (χ3n) is 4.05. The fourth-order valence-electron chi connectivity index (χ4n) is 2.86. The summed E-state index contributed by atoms with van der Waals surface area (Å²) < 4.78 is 16.7. The van der Waals surface area contributed by atoms with Crippen molar-refractivity contribution in [1.82, 2.24) is 0 Å². The largest absolute Gasteiger partial charge is 0.508 e. The molecule has 7 heteroatoms. The Hall–Kier alpha value is -2.32. The van der Waals surface area contributed by atoms with Crippen molar-refractivity contribution in [2.75, 3.05) is 6.61 Å². The van der Waals surface area contributed by atoms with Crippen molar-refractivity contribution < 1.29 is 34.6 Å². The molecule has 1 aliphatic rings. The van der Waals surface area contributed by atoms with Crippen LogP contribution in [0.5, 0.6) is 23.0 Å². The van der Waals surface area contributed by atoms with Crippen LogP contribution in [0.1, 0.15) is 11.1 Å². The van der Waals surface area contributed by atoms with Crippen LogP contribution in [0.2, 0.25) is 0 Å². The Morgan fingerprint density at radius 2 is 1.50 bits per heavy atom. The average Bonchev–Trinajstić information content (AvgIpc) is 2.81. The summed E-state index contributed by atoms with van der Waals surface area (Å²) in [5, 5.41) is 38.6. The zero-order valence-corrected chi connectivity index (χ0v) is 14.5. The fourth-order valence-corrected chi connectivity index (χ4v) is 2.86. The van der Waals surface area contributed by atoms with Gasteiger partial charge in [0.15, 0.2) is 0 Å². The Kier molecular flexibility index (Phi) is 5.33. The summed E-state index contributed by atoms with van der Waals surface area (Å²) in [7, 11) is 0. The van der Waals surface area contributed by atoms with Crippen LogP contribution in [-0.4, -0.2) is 51.6 Å². The van der Waals surface area contributed by atoms with Crippen LogP contribution in [0.15, 0.2) is 36.4 Å². The number of aromatic hydroxyl groups is 1. The molecule has 2 aromatic carbocycles. The van der Waals surface area contributed by atoms with Gasteiger partial charge in [0.05, 0.1) is 6.61 Å². The second kappa shape index (κ2) is 7.51. The Morgan fingerprint density at radius 3 is 2.12 bits per heavy atom. The first-order chi connectivity index (χ1) is 12.4. The van der Waals surface area contributed by atoms with Gasteiger partial charge in [0, 0.05) is 12.1 Å². The molecule has 0 unspecified atom stereocenters. The van der Waals surface area contributed by atoms with E-state index in [1.54, 1.807) is 30.3 Å². The quantitative estimate of drug-likeness (QED) is 0.640. The highest BCUT2D eigenvalue weighted by molar-refractivity contribution is 5.43. The summed E-state index contributed by atoms with van der Waals surface area (Å²) >= 11 is 0. The van der Waals surface area contributed by atoms with E-state index in [0.717, 1.165) is 11.1 Å². The van der Waals surface area contributed by atoms with E-state index in [1.165, 1.54) is 6.07 Å². The van der Waals surface area contributed by atoms with Crippen molar-refractivity contribution in [3.05, 3.63) is 47.5 Å². The van der Waals surface area contributed by atoms with E-state index in [2.05, 4.69) is 0 Å². The standard InChI is InChI=1S/C19H22O7/c1-10-3-12(21)7-13(4-10)24-14-5-11(2)6-15(8-14)25-19-18(23)17(22)16(9-20)26-19/h3-8,16-23H,9H2,1-2H3/t16-,17-,18-,19+/m1/s1. The average molecular weight is 362 g/mol. The number of hydrogen-bond acceptors (Lipinski definition) is 7. The third-order valence-corrected chi connectivity index (χ3v) is 4.05. The van der Waals surface area contributed by atoms with Crippen molar-refractivity contribution in [3.63, 3.8) is 0 Å². The molecule has 1 heterocycles. The Balaban J connectivity index is 1.77. The van der Waals surface area contributed by atoms with E-state index in [4.69, 9.17) is 19.3 Å². The molecule has 2 aromatic rings. The molecule has 0 amide bonds. The normalized spacial score (nSPS) is 25.3. The number of benzene rings is 2. The van der Waals surface area contributed by atoms with Crippen LogP contribution in [0.25, 0.3) is 0 Å². The van der Waals surface area contributed by atoms with Gasteiger partial charge in [-0.1, -0.05) is 0 Å². The van der Waals surface area contributed by atoms with E-state index >= 15 is 0 Å². The van der Waals surface area contributed by atoms with Gasteiger partial charge in [0.1, 0.15) is 41.3 Å². The lowest BCUT2D eigenvalue weighted by Gasteiger charge is -2.18. The Labute approximate surface area is 151 Å². The maximum atomic E-state index is 9.99. The molecule has 7 nitrogen and oxygen atoms in total. The predicted molar refractivity (Wildman–Crippen MR) is 92.5 cm³/mol. The molecule has 0 aliphatic carbocycles. The summed E-state index contributed by atoms with van der Waals surface area (Å²) in [5.41, 5.74) is 1.71. The fraction of sp³-hybridized carbons (Fsp3) is 0.368. The molecule has 4 N–H and O–H groups in total. The summed E-state index contributed by atoms with van der Waals surface area (Å²) in [6.07, 6.45) is -4.49. The minimum atomic E-state index is -1.27. The highest BCUT2D eigenvalue weighted by atomic mass is 16.7. The number of ether oxygens (including phenoxy) is 3. The zero-order chi connectivity index (χ0) is 18.8. The van der Waals surface area contributed by atoms with Gasteiger partial charge >= 0.3 is 0 Å². The molecule has 0 bridgehead atoms. The molecule has 0 saturated carbocycles. The second-order valence-corrected chi connectivity index (χ2v) is 6.41. The molecule has 0 radical (unpaired) electrons. The topological polar surface area (TPSA) is 109 Å². The molecule has 140 valence electrons. The molecule has 4 atom stereocenters. The van der Waals surface area contributed by atoms with Gasteiger partial charge in [-0.25, -0.2) is 0 Å². The van der Waals surface area contributed by atoms with E-state index < -0.39 is 31.2 Å². The first kappa shape index (κ1) is 18.5. The van der Waals surface area contributed by atoms with Gasteiger partial charge in [-0.3, -0.25) is 0 Å². The van der Waals surface area contributed by atoms with Gasteiger partial charge in [-0.15, -0.1) is 0 Å². The van der Waals surface area contributed by atoms with E-state index in [-0.39, 0.29) is 5.75 Å². The number of aliphatic hydroxyl groups excluding tert-OH is 3. The number of phenols is 1. The molecular formula is C19H22O7. The van der Waals surface area contributed by atoms with Crippen molar-refractivity contribution in [2.45, 2.75) is 38.4 Å². The predicted octanol–water partition coefficient (Wildman–Crippen LogP) is 1.62. The number of hydrogen-bond donors (Lipinski definition) is 4. The highest BCUT2D eigenvalue weighted by Crippen LogP contribution is 2.32. The van der Waals surface area contributed by atoms with Crippen molar-refractivity contribution in [2.24, 2.45) is 0 Å². The van der Waals surface area contributed by atoms with E-state index in [1.807, 2.05) is 13.8 Å². The van der Waals surface area contributed by atoms with Crippen LogP contribution in [0.3, 0.4) is 0 Å². The summed E-state index contributed by atoms with van der Waals surface area (Å²) in [5.74, 6) is 1.45. The monoisotopic (exact) mass is 362 g/mol. The Bertz CT molecular complexity index is 756. The molecule has 0 spiro atoms. The number of aliphatic hydroxyl groups is 3. The van der Waals surface area contributed by atoms with Crippen LogP contribution < -0.4 is 9.47 Å². The third kappa shape index (κ3) is 4.08. The summed E-state index contributed by atoms with van der Waals surface area (Å²) in [6.45, 7) is 3.28. The van der Waals surface area contributed by atoms with Crippen LogP contribution in [0, 0.1) is 13.8 Å².